The molecule has 7 nitrogen and oxygen atoms in total. The van der Waals surface area contributed by atoms with E-state index in [0.717, 1.165) is 16.8 Å². The largest absolute Gasteiger partial charge is 0.457 e. The van der Waals surface area contributed by atoms with Crippen molar-refractivity contribution in [1.29, 1.82) is 0 Å². The lowest BCUT2D eigenvalue weighted by Gasteiger charge is -2.02. The van der Waals surface area contributed by atoms with Crippen molar-refractivity contribution in [3.05, 3.63) is 85.5 Å². The molecule has 31 heavy (non-hydrogen) atoms. The van der Waals surface area contributed by atoms with Crippen LogP contribution in [-0.4, -0.2) is 16.0 Å². The number of amides is 1. The second kappa shape index (κ2) is 8.41. The third kappa shape index (κ3) is 4.55. The summed E-state index contributed by atoms with van der Waals surface area (Å²) in [5, 5.41) is 14.6. The topological polar surface area (TPSA) is 97.7 Å². The first-order valence-electron chi connectivity index (χ1n) is 9.21. The van der Waals surface area contributed by atoms with E-state index in [0.29, 0.717) is 32.2 Å². The second-order valence-corrected chi connectivity index (χ2v) is 8.33. The van der Waals surface area contributed by atoms with E-state index in [1.54, 1.807) is 18.2 Å². The molecule has 1 amide bonds. The summed E-state index contributed by atoms with van der Waals surface area (Å²) in [6, 6.07) is 13.4. The third-order valence-electron chi connectivity index (χ3n) is 4.55. The van der Waals surface area contributed by atoms with Crippen molar-refractivity contribution in [3.8, 4) is 11.3 Å². The molecule has 0 saturated carbocycles. The lowest BCUT2D eigenvalue weighted by molar-refractivity contribution is -0.384. The van der Waals surface area contributed by atoms with Crippen molar-refractivity contribution in [2.75, 3.05) is 0 Å². The number of hydrogen-bond donors (Lipinski definition) is 1. The van der Waals surface area contributed by atoms with Gasteiger partial charge in [-0.2, -0.15) is 0 Å². The zero-order valence-electron chi connectivity index (χ0n) is 16.5. The number of benzene rings is 2. The molecule has 0 aliphatic carbocycles. The predicted molar refractivity (Wildman–Crippen MR) is 123 cm³/mol. The van der Waals surface area contributed by atoms with Crippen LogP contribution in [0.3, 0.4) is 0 Å². The molecule has 0 bridgehead atoms. The molecule has 1 N–H and O–H groups in total. The van der Waals surface area contributed by atoms with Crippen LogP contribution in [0.1, 0.15) is 16.9 Å². The number of carbonyl (C=O) groups excluding carboxylic acids is 1. The summed E-state index contributed by atoms with van der Waals surface area (Å²) in [4.78, 5) is 27.8. The number of aliphatic imine (C=N–C) groups is 1. The Balaban J connectivity index is 1.58. The molecule has 0 spiro atoms. The molecule has 0 unspecified atom stereocenters. The summed E-state index contributed by atoms with van der Waals surface area (Å²) < 4.78 is 5.76. The van der Waals surface area contributed by atoms with Crippen LogP contribution in [0.2, 0.25) is 5.02 Å². The number of non-ortho nitro benzene ring substituents is 1. The van der Waals surface area contributed by atoms with Gasteiger partial charge in [-0.1, -0.05) is 29.3 Å². The summed E-state index contributed by atoms with van der Waals surface area (Å²) in [5.74, 6) is 0.510. The number of carbonyl (C=O) groups is 1. The second-order valence-electron chi connectivity index (χ2n) is 6.89. The predicted octanol–water partition coefficient (Wildman–Crippen LogP) is 6.02. The van der Waals surface area contributed by atoms with Crippen LogP contribution < -0.4 is 5.32 Å². The van der Waals surface area contributed by atoms with Crippen molar-refractivity contribution in [2.24, 2.45) is 4.99 Å². The van der Waals surface area contributed by atoms with Crippen molar-refractivity contribution < 1.29 is 14.1 Å². The molecule has 0 radical (unpaired) electrons. The fourth-order valence-corrected chi connectivity index (χ4v) is 4.07. The average Bonchev–Trinajstić information content (AvgIpc) is 3.31. The van der Waals surface area contributed by atoms with Crippen LogP contribution in [0.5, 0.6) is 0 Å². The highest BCUT2D eigenvalue weighted by Crippen LogP contribution is 2.34. The Morgan fingerprint density at radius 3 is 2.71 bits per heavy atom. The number of nitro benzene ring substituents is 1. The Morgan fingerprint density at radius 1 is 1.16 bits per heavy atom. The van der Waals surface area contributed by atoms with Gasteiger partial charge in [0.05, 0.1) is 20.5 Å². The third-order valence-corrected chi connectivity index (χ3v) is 5.79. The van der Waals surface area contributed by atoms with Gasteiger partial charge in [-0.05, 0) is 55.4 Å². The van der Waals surface area contributed by atoms with Crippen molar-refractivity contribution in [3.63, 3.8) is 0 Å². The molecular formula is C22H16ClN3O4S. The number of aryl methyl sites for hydroxylation is 2. The van der Waals surface area contributed by atoms with Crippen LogP contribution in [0.25, 0.3) is 17.4 Å². The van der Waals surface area contributed by atoms with Gasteiger partial charge in [-0.15, -0.1) is 0 Å². The first-order chi connectivity index (χ1) is 14.8. The quantitative estimate of drug-likeness (QED) is 0.296. The molecule has 0 atom stereocenters. The highest BCUT2D eigenvalue weighted by atomic mass is 35.5. The van der Waals surface area contributed by atoms with Crippen molar-refractivity contribution >= 4 is 51.9 Å². The van der Waals surface area contributed by atoms with E-state index in [1.165, 1.54) is 30.0 Å². The van der Waals surface area contributed by atoms with Gasteiger partial charge in [0.15, 0.2) is 5.17 Å². The number of hydrogen-bond acceptors (Lipinski definition) is 6. The maximum Gasteiger partial charge on any atom is 0.270 e. The first-order valence-corrected chi connectivity index (χ1v) is 10.4. The molecule has 4 rings (SSSR count). The monoisotopic (exact) mass is 453 g/mol. The summed E-state index contributed by atoms with van der Waals surface area (Å²) in [5.41, 5.74) is 3.26. The first kappa shape index (κ1) is 20.9. The zero-order valence-corrected chi connectivity index (χ0v) is 18.1. The standard InChI is InChI=1S/C22H16ClN3O4S/c1-12-3-7-18(13(2)9-12)24-22-25-21(27)20(31-22)11-15-5-8-19(30-15)16-10-14(26(28)29)4-6-17(16)23/h3-11H,1-2H3,(H,24,25,27)/b20-11-. The molecule has 156 valence electrons. The Kier molecular flexibility index (Phi) is 5.67. The molecule has 1 aliphatic rings. The summed E-state index contributed by atoms with van der Waals surface area (Å²) >= 11 is 7.39. The molecule has 2 heterocycles. The maximum atomic E-state index is 12.4. The van der Waals surface area contributed by atoms with Crippen LogP contribution in [0.15, 0.2) is 62.8 Å². The Hall–Kier alpha value is -3.36. The van der Waals surface area contributed by atoms with Gasteiger partial charge in [-0.25, -0.2) is 4.99 Å². The van der Waals surface area contributed by atoms with Crippen LogP contribution in [0, 0.1) is 24.0 Å². The van der Waals surface area contributed by atoms with Gasteiger partial charge >= 0.3 is 0 Å². The summed E-state index contributed by atoms with van der Waals surface area (Å²) in [6.07, 6.45) is 1.60. The number of nitro groups is 1. The van der Waals surface area contributed by atoms with E-state index < -0.39 is 4.92 Å². The molecule has 9 heteroatoms. The fourth-order valence-electron chi connectivity index (χ4n) is 3.04. The van der Waals surface area contributed by atoms with Crippen molar-refractivity contribution in [1.82, 2.24) is 5.32 Å². The van der Waals surface area contributed by atoms with E-state index in [-0.39, 0.29) is 11.6 Å². The number of nitrogens with zero attached hydrogens (tertiary/aromatic N) is 2. The number of furan rings is 1. The Labute approximate surface area is 187 Å². The van der Waals surface area contributed by atoms with E-state index in [9.17, 15) is 14.9 Å². The normalized spacial score (nSPS) is 16.2. The molecule has 1 aromatic heterocycles. The molecule has 1 aliphatic heterocycles. The molecule has 3 aromatic rings. The van der Waals surface area contributed by atoms with Crippen LogP contribution >= 0.6 is 23.4 Å². The fraction of sp³-hybridized carbons (Fsp3) is 0.0909. The smallest absolute Gasteiger partial charge is 0.270 e. The van der Waals surface area contributed by atoms with Crippen LogP contribution in [-0.2, 0) is 4.79 Å². The van der Waals surface area contributed by atoms with Crippen molar-refractivity contribution in [2.45, 2.75) is 13.8 Å². The molecule has 2 aromatic carbocycles. The van der Waals surface area contributed by atoms with E-state index in [1.807, 2.05) is 32.0 Å². The highest BCUT2D eigenvalue weighted by Gasteiger charge is 2.24. The lowest BCUT2D eigenvalue weighted by atomic mass is 10.1. The van der Waals surface area contributed by atoms with E-state index in [4.69, 9.17) is 16.0 Å². The van der Waals surface area contributed by atoms with Gasteiger partial charge in [0.1, 0.15) is 11.5 Å². The SMILES string of the molecule is Cc1ccc(N=C2NC(=O)/C(=C/c3ccc(-c4cc([N+](=O)[O-])ccc4Cl)o3)S2)c(C)c1. The van der Waals surface area contributed by atoms with Crippen LogP contribution in [0.4, 0.5) is 11.4 Å². The molecular weight excluding hydrogens is 438 g/mol. The number of thioether (sulfide) groups is 1. The zero-order chi connectivity index (χ0) is 22.1. The minimum atomic E-state index is -0.498. The highest BCUT2D eigenvalue weighted by molar-refractivity contribution is 8.18. The Morgan fingerprint density at radius 2 is 1.97 bits per heavy atom. The van der Waals surface area contributed by atoms with Gasteiger partial charge in [0.2, 0.25) is 0 Å². The van der Waals surface area contributed by atoms with Gasteiger partial charge in [0.25, 0.3) is 11.6 Å². The molecule has 1 fully saturated rings. The minimum Gasteiger partial charge on any atom is -0.457 e. The van der Waals surface area contributed by atoms with Gasteiger partial charge in [0, 0.05) is 23.8 Å². The van der Waals surface area contributed by atoms with E-state index >= 15 is 0 Å². The summed E-state index contributed by atoms with van der Waals surface area (Å²) in [6.45, 7) is 3.98. The summed E-state index contributed by atoms with van der Waals surface area (Å²) in [7, 11) is 0. The maximum absolute atomic E-state index is 12.4. The average molecular weight is 454 g/mol. The number of amidine groups is 1. The number of nitrogens with one attached hydrogen (secondary N) is 1. The number of rotatable bonds is 4. The van der Waals surface area contributed by atoms with Gasteiger partial charge < -0.3 is 9.73 Å². The lowest BCUT2D eigenvalue weighted by Crippen LogP contribution is -2.19. The van der Waals surface area contributed by atoms with Gasteiger partial charge in [-0.3, -0.25) is 14.9 Å². The minimum absolute atomic E-state index is 0.0892. The number of halogens is 1. The van der Waals surface area contributed by atoms with E-state index in [2.05, 4.69) is 10.3 Å². The Bertz CT molecular complexity index is 1280. The molecule has 1 saturated heterocycles.